The van der Waals surface area contributed by atoms with E-state index in [2.05, 4.69) is 19.2 Å². The Kier molecular flexibility index (Phi) is 4.17. The average molecular weight is 240 g/mol. The quantitative estimate of drug-likeness (QED) is 0.812. The lowest BCUT2D eigenvalue weighted by atomic mass is 10.0. The Morgan fingerprint density at radius 3 is 2.75 bits per heavy atom. The van der Waals surface area contributed by atoms with Gasteiger partial charge in [-0.15, -0.1) is 0 Å². The van der Waals surface area contributed by atoms with E-state index in [1.165, 1.54) is 55.9 Å². The fraction of sp³-hybridized carbons (Fsp3) is 0.923. The molecule has 1 N–H and O–H groups in total. The Balaban J connectivity index is 1.93. The van der Waals surface area contributed by atoms with Crippen LogP contribution in [0.4, 0.5) is 0 Å². The van der Waals surface area contributed by atoms with E-state index in [1.807, 2.05) is 11.8 Å². The zero-order chi connectivity index (χ0) is 11.4. The van der Waals surface area contributed by atoms with E-state index in [1.54, 1.807) is 0 Å². The van der Waals surface area contributed by atoms with Gasteiger partial charge in [0.15, 0.2) is 5.17 Å². The summed E-state index contributed by atoms with van der Waals surface area (Å²) in [4.78, 5) is 4.87. The van der Waals surface area contributed by atoms with Gasteiger partial charge in [0.1, 0.15) is 0 Å². The van der Waals surface area contributed by atoms with Crippen LogP contribution in [0.5, 0.6) is 0 Å². The molecular weight excluding hydrogens is 216 g/mol. The average Bonchev–Trinajstić information content (AvgIpc) is 2.90. The normalized spacial score (nSPS) is 27.5. The highest BCUT2D eigenvalue weighted by Gasteiger charge is 2.39. The highest BCUT2D eigenvalue weighted by Crippen LogP contribution is 2.37. The lowest BCUT2D eigenvalue weighted by Gasteiger charge is -2.22. The largest absolute Gasteiger partial charge is 0.359 e. The molecule has 2 aliphatic rings. The van der Waals surface area contributed by atoms with Crippen molar-refractivity contribution in [2.24, 2.45) is 4.99 Å². The van der Waals surface area contributed by atoms with Crippen LogP contribution in [0.25, 0.3) is 0 Å². The molecule has 1 unspecified atom stereocenters. The summed E-state index contributed by atoms with van der Waals surface area (Å²) in [7, 11) is 0. The first-order chi connectivity index (χ1) is 7.78. The summed E-state index contributed by atoms with van der Waals surface area (Å²) < 4.78 is 0. The van der Waals surface area contributed by atoms with Crippen LogP contribution in [-0.2, 0) is 0 Å². The van der Waals surface area contributed by atoms with Crippen LogP contribution in [0.3, 0.4) is 0 Å². The van der Waals surface area contributed by atoms with Crippen molar-refractivity contribution in [2.45, 2.75) is 70.4 Å². The standard InChI is InChI=1S/C13H24N2S/c1-3-7-11(4-2)14-12-15-13(10-16-12)8-5-6-9-13/h11H,3-10H2,1-2H3,(H,14,15). The predicted octanol–water partition coefficient (Wildman–Crippen LogP) is 3.57. The molecule has 0 aromatic heterocycles. The van der Waals surface area contributed by atoms with Crippen LogP contribution in [0.1, 0.15) is 58.8 Å². The molecule has 1 atom stereocenters. The monoisotopic (exact) mass is 240 g/mol. The van der Waals surface area contributed by atoms with Gasteiger partial charge in [-0.2, -0.15) is 0 Å². The van der Waals surface area contributed by atoms with Crippen LogP contribution < -0.4 is 5.32 Å². The number of hydrogen-bond acceptors (Lipinski definition) is 2. The molecule has 0 aromatic carbocycles. The van der Waals surface area contributed by atoms with Crippen molar-refractivity contribution in [1.82, 2.24) is 5.32 Å². The van der Waals surface area contributed by atoms with Crippen LogP contribution in [-0.4, -0.2) is 22.5 Å². The lowest BCUT2D eigenvalue weighted by molar-refractivity contribution is 0.451. The molecule has 16 heavy (non-hydrogen) atoms. The van der Waals surface area contributed by atoms with E-state index >= 15 is 0 Å². The summed E-state index contributed by atoms with van der Waals surface area (Å²) in [6, 6.07) is 0.538. The predicted molar refractivity (Wildman–Crippen MR) is 73.2 cm³/mol. The van der Waals surface area contributed by atoms with Gasteiger partial charge in [-0.3, -0.25) is 4.99 Å². The lowest BCUT2D eigenvalue weighted by Crippen LogP contribution is -2.40. The van der Waals surface area contributed by atoms with Gasteiger partial charge in [0.2, 0.25) is 0 Å². The van der Waals surface area contributed by atoms with Crippen molar-refractivity contribution >= 4 is 16.9 Å². The van der Waals surface area contributed by atoms with Crippen molar-refractivity contribution in [3.05, 3.63) is 0 Å². The van der Waals surface area contributed by atoms with E-state index in [9.17, 15) is 0 Å². The van der Waals surface area contributed by atoms with Gasteiger partial charge in [0, 0.05) is 11.3 Å². The molecule has 2 rings (SSSR count). The van der Waals surface area contributed by atoms with Crippen molar-refractivity contribution in [1.29, 1.82) is 0 Å². The maximum Gasteiger partial charge on any atom is 0.157 e. The molecule has 1 aliphatic heterocycles. The number of nitrogens with zero attached hydrogens (tertiary/aromatic N) is 1. The van der Waals surface area contributed by atoms with E-state index in [-0.39, 0.29) is 0 Å². The SMILES string of the molecule is CCCC(CC)N=C1NC2(CCCC2)CS1. The molecule has 3 heteroatoms. The van der Waals surface area contributed by atoms with Crippen molar-refractivity contribution < 1.29 is 0 Å². The van der Waals surface area contributed by atoms with E-state index < -0.39 is 0 Å². The molecule has 0 radical (unpaired) electrons. The molecular formula is C13H24N2S. The number of nitrogens with one attached hydrogen (secondary N) is 1. The van der Waals surface area contributed by atoms with Gasteiger partial charge < -0.3 is 5.32 Å². The second-order valence-electron chi connectivity index (χ2n) is 5.19. The number of aliphatic imine (C=N–C) groups is 1. The summed E-state index contributed by atoms with van der Waals surface area (Å²) in [6.45, 7) is 4.49. The highest BCUT2D eigenvalue weighted by atomic mass is 32.2. The molecule has 92 valence electrons. The van der Waals surface area contributed by atoms with Crippen molar-refractivity contribution in [3.63, 3.8) is 0 Å². The van der Waals surface area contributed by atoms with Crippen LogP contribution in [0.2, 0.25) is 0 Å². The Morgan fingerprint density at radius 2 is 2.12 bits per heavy atom. The van der Waals surface area contributed by atoms with Gasteiger partial charge in [-0.25, -0.2) is 0 Å². The zero-order valence-corrected chi connectivity index (χ0v) is 11.4. The molecule has 1 aliphatic carbocycles. The summed E-state index contributed by atoms with van der Waals surface area (Å²) in [5, 5.41) is 4.93. The van der Waals surface area contributed by atoms with E-state index in [4.69, 9.17) is 4.99 Å². The molecule has 0 bridgehead atoms. The van der Waals surface area contributed by atoms with Crippen molar-refractivity contribution in [2.75, 3.05) is 5.75 Å². The summed E-state index contributed by atoms with van der Waals surface area (Å²) >= 11 is 1.95. The Hall–Kier alpha value is -0.180. The zero-order valence-electron chi connectivity index (χ0n) is 10.6. The maximum absolute atomic E-state index is 4.87. The molecule has 0 amide bonds. The Labute approximate surface area is 104 Å². The highest BCUT2D eigenvalue weighted by molar-refractivity contribution is 8.14. The number of rotatable bonds is 4. The van der Waals surface area contributed by atoms with Gasteiger partial charge in [0.05, 0.1) is 6.04 Å². The van der Waals surface area contributed by atoms with Gasteiger partial charge >= 0.3 is 0 Å². The minimum atomic E-state index is 0.425. The first-order valence-electron chi connectivity index (χ1n) is 6.77. The Morgan fingerprint density at radius 1 is 1.38 bits per heavy atom. The molecule has 1 spiro atoms. The second kappa shape index (κ2) is 5.44. The van der Waals surface area contributed by atoms with Crippen molar-refractivity contribution in [3.8, 4) is 0 Å². The number of thioether (sulfide) groups is 1. The molecule has 1 saturated carbocycles. The third-order valence-corrected chi connectivity index (χ3v) is 4.99. The topological polar surface area (TPSA) is 24.4 Å². The van der Waals surface area contributed by atoms with Gasteiger partial charge in [0.25, 0.3) is 0 Å². The van der Waals surface area contributed by atoms with Crippen LogP contribution in [0, 0.1) is 0 Å². The van der Waals surface area contributed by atoms with Crippen LogP contribution >= 0.6 is 11.8 Å². The summed E-state index contributed by atoms with van der Waals surface area (Å²) in [6.07, 6.45) is 9.14. The minimum absolute atomic E-state index is 0.425. The molecule has 1 heterocycles. The van der Waals surface area contributed by atoms with Gasteiger partial charge in [-0.1, -0.05) is 44.9 Å². The fourth-order valence-corrected chi connectivity index (χ4v) is 4.04. The minimum Gasteiger partial charge on any atom is -0.359 e. The summed E-state index contributed by atoms with van der Waals surface area (Å²) in [5.74, 6) is 1.24. The molecule has 0 aromatic rings. The van der Waals surface area contributed by atoms with E-state index in [0.29, 0.717) is 11.6 Å². The third-order valence-electron chi connectivity index (χ3n) is 3.81. The molecule has 2 nitrogen and oxygen atoms in total. The smallest absolute Gasteiger partial charge is 0.157 e. The molecule has 2 fully saturated rings. The first-order valence-corrected chi connectivity index (χ1v) is 7.75. The summed E-state index contributed by atoms with van der Waals surface area (Å²) in [5.41, 5.74) is 0.425. The Bertz CT molecular complexity index is 257. The molecule has 1 saturated heterocycles. The van der Waals surface area contributed by atoms with Gasteiger partial charge in [-0.05, 0) is 25.7 Å². The second-order valence-corrected chi connectivity index (χ2v) is 6.15. The number of hydrogen-bond donors (Lipinski definition) is 1. The van der Waals surface area contributed by atoms with E-state index in [0.717, 1.165) is 0 Å². The van der Waals surface area contributed by atoms with Crippen LogP contribution in [0.15, 0.2) is 4.99 Å². The number of amidine groups is 1. The third kappa shape index (κ3) is 2.73. The first kappa shape index (κ1) is 12.3. The maximum atomic E-state index is 4.87. The fourth-order valence-electron chi connectivity index (χ4n) is 2.76.